The van der Waals surface area contributed by atoms with Crippen LogP contribution in [-0.4, -0.2) is 20.8 Å². The largest absolute Gasteiger partial charge is 0.391 e. The van der Waals surface area contributed by atoms with Crippen LogP contribution in [0.4, 0.5) is 0 Å². The Hall–Kier alpha value is -1.32. The Morgan fingerprint density at radius 3 is 2.89 bits per heavy atom. The molecule has 2 aromatic rings. The fourth-order valence-electron chi connectivity index (χ4n) is 2.48. The first-order valence-electron chi connectivity index (χ1n) is 6.20. The first-order chi connectivity index (χ1) is 8.74. The van der Waals surface area contributed by atoms with Gasteiger partial charge in [0.05, 0.1) is 18.3 Å². The molecular weight excluding hydrogens is 248 g/mol. The lowest BCUT2D eigenvalue weighted by molar-refractivity contribution is 0.130. The number of halogens is 1. The van der Waals surface area contributed by atoms with Crippen LogP contribution in [0.15, 0.2) is 30.3 Å². The summed E-state index contributed by atoms with van der Waals surface area (Å²) in [6.07, 6.45) is 2.06. The molecular formula is C14H15ClN2O. The third-order valence-corrected chi connectivity index (χ3v) is 3.72. The second-order valence-corrected chi connectivity index (χ2v) is 5.09. The molecule has 4 heteroatoms. The Bertz CT molecular complexity index is 550. The molecule has 1 aromatic heterocycles. The summed E-state index contributed by atoms with van der Waals surface area (Å²) in [5, 5.41) is 10.4. The molecule has 94 valence electrons. The third-order valence-electron chi connectivity index (χ3n) is 3.42. The van der Waals surface area contributed by atoms with Crippen molar-refractivity contribution in [2.45, 2.75) is 31.9 Å². The van der Waals surface area contributed by atoms with Gasteiger partial charge in [-0.05, 0) is 18.4 Å². The zero-order chi connectivity index (χ0) is 12.5. The van der Waals surface area contributed by atoms with Crippen LogP contribution in [0.2, 0.25) is 5.15 Å². The molecule has 0 bridgehead atoms. The van der Waals surface area contributed by atoms with E-state index in [0.29, 0.717) is 11.7 Å². The van der Waals surface area contributed by atoms with Gasteiger partial charge in [-0.3, -0.25) is 0 Å². The van der Waals surface area contributed by atoms with E-state index in [1.165, 1.54) is 5.56 Å². The lowest BCUT2D eigenvalue weighted by Crippen LogP contribution is -2.25. The van der Waals surface area contributed by atoms with Crippen molar-refractivity contribution in [2.75, 3.05) is 0 Å². The van der Waals surface area contributed by atoms with E-state index in [0.717, 1.165) is 30.8 Å². The number of aliphatic hydroxyl groups is 1. The smallest absolute Gasteiger partial charge is 0.150 e. The SMILES string of the molecule is OC1CCc2c(Cl)nc(Cc3ccccc3)n2C1. The van der Waals surface area contributed by atoms with Crippen molar-refractivity contribution >= 4 is 11.6 Å². The maximum absolute atomic E-state index is 9.76. The van der Waals surface area contributed by atoms with Gasteiger partial charge >= 0.3 is 0 Å². The van der Waals surface area contributed by atoms with Gasteiger partial charge in [0, 0.05) is 6.42 Å². The highest BCUT2D eigenvalue weighted by atomic mass is 35.5. The van der Waals surface area contributed by atoms with Gasteiger partial charge in [-0.15, -0.1) is 0 Å². The fourth-order valence-corrected chi connectivity index (χ4v) is 2.77. The molecule has 1 aliphatic rings. The normalized spacial score (nSPS) is 18.7. The Morgan fingerprint density at radius 2 is 2.11 bits per heavy atom. The Labute approximate surface area is 111 Å². The van der Waals surface area contributed by atoms with E-state index >= 15 is 0 Å². The van der Waals surface area contributed by atoms with Crippen molar-refractivity contribution < 1.29 is 5.11 Å². The van der Waals surface area contributed by atoms with Crippen molar-refractivity contribution in [3.63, 3.8) is 0 Å². The molecule has 1 aliphatic heterocycles. The molecule has 1 aromatic carbocycles. The highest BCUT2D eigenvalue weighted by molar-refractivity contribution is 6.30. The van der Waals surface area contributed by atoms with Crippen LogP contribution in [0.1, 0.15) is 23.5 Å². The fraction of sp³-hybridized carbons (Fsp3) is 0.357. The van der Waals surface area contributed by atoms with Gasteiger partial charge in [0.15, 0.2) is 5.15 Å². The van der Waals surface area contributed by atoms with Crippen LogP contribution in [0, 0.1) is 0 Å². The molecule has 1 unspecified atom stereocenters. The van der Waals surface area contributed by atoms with Gasteiger partial charge in [-0.1, -0.05) is 41.9 Å². The molecule has 3 rings (SSSR count). The van der Waals surface area contributed by atoms with Crippen LogP contribution < -0.4 is 0 Å². The molecule has 0 fully saturated rings. The van der Waals surface area contributed by atoms with Gasteiger partial charge in [0.25, 0.3) is 0 Å². The van der Waals surface area contributed by atoms with Crippen molar-refractivity contribution in [1.29, 1.82) is 0 Å². The summed E-state index contributed by atoms with van der Waals surface area (Å²) in [5.41, 5.74) is 2.27. The van der Waals surface area contributed by atoms with E-state index in [1.54, 1.807) is 0 Å². The standard InChI is InChI=1S/C14H15ClN2O/c15-14-12-7-6-11(18)9-17(12)13(16-14)8-10-4-2-1-3-5-10/h1-5,11,18H,6-9H2. The van der Waals surface area contributed by atoms with Gasteiger partial charge in [0.1, 0.15) is 5.82 Å². The highest BCUT2D eigenvalue weighted by Gasteiger charge is 2.23. The summed E-state index contributed by atoms with van der Waals surface area (Å²) in [7, 11) is 0. The predicted octanol–water partition coefficient (Wildman–Crippen LogP) is 2.43. The summed E-state index contributed by atoms with van der Waals surface area (Å²) in [6, 6.07) is 10.2. The average molecular weight is 263 g/mol. The van der Waals surface area contributed by atoms with Crippen LogP contribution >= 0.6 is 11.6 Å². The molecule has 0 aliphatic carbocycles. The van der Waals surface area contributed by atoms with Crippen LogP contribution in [0.3, 0.4) is 0 Å². The summed E-state index contributed by atoms with van der Waals surface area (Å²) in [6.45, 7) is 0.608. The monoisotopic (exact) mass is 262 g/mol. The van der Waals surface area contributed by atoms with E-state index in [9.17, 15) is 5.11 Å². The van der Waals surface area contributed by atoms with E-state index in [2.05, 4.69) is 21.7 Å². The average Bonchev–Trinajstić information content (AvgIpc) is 2.67. The van der Waals surface area contributed by atoms with Crippen LogP contribution in [0.25, 0.3) is 0 Å². The second kappa shape index (κ2) is 4.75. The minimum atomic E-state index is -0.280. The van der Waals surface area contributed by atoms with Crippen molar-refractivity contribution in [1.82, 2.24) is 9.55 Å². The Balaban J connectivity index is 1.93. The molecule has 18 heavy (non-hydrogen) atoms. The summed E-state index contributed by atoms with van der Waals surface area (Å²) >= 11 is 6.16. The quantitative estimate of drug-likeness (QED) is 0.903. The molecule has 0 radical (unpaired) electrons. The first-order valence-corrected chi connectivity index (χ1v) is 6.57. The minimum absolute atomic E-state index is 0.280. The van der Waals surface area contributed by atoms with Gasteiger partial charge in [-0.25, -0.2) is 4.98 Å². The van der Waals surface area contributed by atoms with Gasteiger partial charge in [0.2, 0.25) is 0 Å². The predicted molar refractivity (Wildman–Crippen MR) is 70.8 cm³/mol. The first kappa shape index (κ1) is 11.8. The number of hydrogen-bond donors (Lipinski definition) is 1. The van der Waals surface area contributed by atoms with E-state index in [-0.39, 0.29) is 6.10 Å². The second-order valence-electron chi connectivity index (χ2n) is 4.73. The number of hydrogen-bond acceptors (Lipinski definition) is 2. The number of nitrogens with zero attached hydrogens (tertiary/aromatic N) is 2. The number of aliphatic hydroxyl groups excluding tert-OH is 1. The number of fused-ring (bicyclic) bond motifs is 1. The molecule has 0 spiro atoms. The van der Waals surface area contributed by atoms with Crippen molar-refractivity contribution in [2.24, 2.45) is 0 Å². The molecule has 1 N–H and O–H groups in total. The highest BCUT2D eigenvalue weighted by Crippen LogP contribution is 2.25. The maximum atomic E-state index is 9.76. The summed E-state index contributed by atoms with van der Waals surface area (Å²) in [4.78, 5) is 4.44. The third kappa shape index (κ3) is 2.16. The molecule has 0 saturated heterocycles. The van der Waals surface area contributed by atoms with Crippen LogP contribution in [0.5, 0.6) is 0 Å². The number of rotatable bonds is 2. The molecule has 1 atom stereocenters. The molecule has 2 heterocycles. The summed E-state index contributed by atoms with van der Waals surface area (Å²) in [5.74, 6) is 0.944. The van der Waals surface area contributed by atoms with Gasteiger partial charge < -0.3 is 9.67 Å². The number of aromatic nitrogens is 2. The van der Waals surface area contributed by atoms with Crippen molar-refractivity contribution in [3.8, 4) is 0 Å². The molecule has 0 saturated carbocycles. The molecule has 3 nitrogen and oxygen atoms in total. The maximum Gasteiger partial charge on any atom is 0.150 e. The Kier molecular flexibility index (Phi) is 3.10. The minimum Gasteiger partial charge on any atom is -0.391 e. The zero-order valence-corrected chi connectivity index (χ0v) is 10.8. The van der Waals surface area contributed by atoms with Crippen molar-refractivity contribution in [3.05, 3.63) is 52.6 Å². The zero-order valence-electron chi connectivity index (χ0n) is 10.0. The molecule has 0 amide bonds. The number of benzene rings is 1. The number of imidazole rings is 1. The van der Waals surface area contributed by atoms with Crippen LogP contribution in [-0.2, 0) is 19.4 Å². The summed E-state index contributed by atoms with van der Waals surface area (Å²) < 4.78 is 2.07. The Morgan fingerprint density at radius 1 is 1.33 bits per heavy atom. The van der Waals surface area contributed by atoms with E-state index in [4.69, 9.17) is 11.6 Å². The topological polar surface area (TPSA) is 38.1 Å². The van der Waals surface area contributed by atoms with Gasteiger partial charge in [-0.2, -0.15) is 0 Å². The lowest BCUT2D eigenvalue weighted by Gasteiger charge is -2.21. The van der Waals surface area contributed by atoms with E-state index in [1.807, 2.05) is 18.2 Å². The van der Waals surface area contributed by atoms with E-state index < -0.39 is 0 Å². The lowest BCUT2D eigenvalue weighted by atomic mass is 10.1.